The Morgan fingerprint density at radius 2 is 2.14 bits per heavy atom. The van der Waals surface area contributed by atoms with Crippen LogP contribution in [0.25, 0.3) is 11.0 Å². The van der Waals surface area contributed by atoms with Crippen molar-refractivity contribution >= 4 is 17.3 Å². The summed E-state index contributed by atoms with van der Waals surface area (Å²) in [6, 6.07) is 1.99. The van der Waals surface area contributed by atoms with Gasteiger partial charge in [0.25, 0.3) is 0 Å². The highest BCUT2D eigenvalue weighted by molar-refractivity contribution is 5.90. The summed E-state index contributed by atoms with van der Waals surface area (Å²) in [5, 5.41) is 1.06. The summed E-state index contributed by atoms with van der Waals surface area (Å²) >= 11 is 0. The molecule has 0 aromatic carbocycles. The number of nitrogens with zero attached hydrogens (tertiary/aromatic N) is 2. The Bertz CT molecular complexity index is 511. The zero-order valence-electron chi connectivity index (χ0n) is 8.53. The maximum Gasteiger partial charge on any atom is 0.152 e. The third kappa shape index (κ3) is 1.05. The van der Waals surface area contributed by atoms with E-state index in [2.05, 4.69) is 4.98 Å². The molecule has 0 aliphatic carbocycles. The van der Waals surface area contributed by atoms with Crippen LogP contribution in [-0.4, -0.2) is 15.8 Å². The van der Waals surface area contributed by atoms with Crippen LogP contribution in [0.15, 0.2) is 12.3 Å². The average molecular weight is 188 g/mol. The van der Waals surface area contributed by atoms with Gasteiger partial charge in [-0.25, -0.2) is 4.98 Å². The fourth-order valence-electron chi connectivity index (χ4n) is 1.76. The summed E-state index contributed by atoms with van der Waals surface area (Å²) in [5.74, 6) is 0. The summed E-state index contributed by atoms with van der Waals surface area (Å²) in [6.07, 6.45) is 2.84. The molecule has 3 heteroatoms. The van der Waals surface area contributed by atoms with Gasteiger partial charge in [0.15, 0.2) is 6.29 Å². The van der Waals surface area contributed by atoms with Gasteiger partial charge in [0.1, 0.15) is 5.65 Å². The van der Waals surface area contributed by atoms with Gasteiger partial charge in [-0.3, -0.25) is 4.79 Å². The SMILES string of the molecule is Cc1nc2c(ccn2C)c(C)c1C=O. The number of aromatic nitrogens is 2. The molecule has 0 fully saturated rings. The quantitative estimate of drug-likeness (QED) is 0.641. The molecule has 0 amide bonds. The highest BCUT2D eigenvalue weighted by Gasteiger charge is 2.09. The van der Waals surface area contributed by atoms with Crippen molar-refractivity contribution in [3.63, 3.8) is 0 Å². The Labute approximate surface area is 82.4 Å². The van der Waals surface area contributed by atoms with E-state index in [1.54, 1.807) is 0 Å². The minimum absolute atomic E-state index is 0.712. The second-order valence-electron chi connectivity index (χ2n) is 3.52. The number of fused-ring (bicyclic) bond motifs is 1. The third-order valence-corrected chi connectivity index (χ3v) is 2.63. The van der Waals surface area contributed by atoms with Crippen LogP contribution in [0.5, 0.6) is 0 Å². The van der Waals surface area contributed by atoms with Gasteiger partial charge in [0, 0.05) is 24.2 Å². The van der Waals surface area contributed by atoms with Crippen LogP contribution in [0.3, 0.4) is 0 Å². The lowest BCUT2D eigenvalue weighted by Crippen LogP contribution is -1.98. The Morgan fingerprint density at radius 3 is 2.79 bits per heavy atom. The van der Waals surface area contributed by atoms with Crippen molar-refractivity contribution in [1.29, 1.82) is 0 Å². The summed E-state index contributed by atoms with van der Waals surface area (Å²) in [6.45, 7) is 3.82. The Hall–Kier alpha value is -1.64. The van der Waals surface area contributed by atoms with Crippen LogP contribution in [-0.2, 0) is 7.05 Å². The standard InChI is InChI=1S/C11H12N2O/c1-7-9-4-5-13(3)11(9)12-8(2)10(7)6-14/h4-6H,1-3H3. The van der Waals surface area contributed by atoms with Gasteiger partial charge in [-0.1, -0.05) is 0 Å². The summed E-state index contributed by atoms with van der Waals surface area (Å²) in [7, 11) is 1.95. The van der Waals surface area contributed by atoms with Crippen LogP contribution in [0.4, 0.5) is 0 Å². The summed E-state index contributed by atoms with van der Waals surface area (Å²) in [5.41, 5.74) is 3.46. The molecule has 2 rings (SSSR count). The molecule has 3 nitrogen and oxygen atoms in total. The van der Waals surface area contributed by atoms with Crippen molar-refractivity contribution in [1.82, 2.24) is 9.55 Å². The molecule has 0 N–H and O–H groups in total. The predicted octanol–water partition coefficient (Wildman–Crippen LogP) is 2.00. The number of hydrogen-bond donors (Lipinski definition) is 0. The van der Waals surface area contributed by atoms with Gasteiger partial charge in [-0.05, 0) is 25.5 Å². The second-order valence-corrected chi connectivity index (χ2v) is 3.52. The van der Waals surface area contributed by atoms with Gasteiger partial charge >= 0.3 is 0 Å². The topological polar surface area (TPSA) is 34.9 Å². The molecule has 2 aromatic rings. The number of aldehydes is 1. The molecule has 0 aliphatic heterocycles. The normalized spacial score (nSPS) is 10.8. The van der Waals surface area contributed by atoms with E-state index in [1.165, 1.54) is 0 Å². The van der Waals surface area contributed by atoms with Crippen molar-refractivity contribution in [2.75, 3.05) is 0 Å². The maximum atomic E-state index is 10.9. The van der Waals surface area contributed by atoms with E-state index in [1.807, 2.05) is 37.7 Å². The monoisotopic (exact) mass is 188 g/mol. The van der Waals surface area contributed by atoms with E-state index in [4.69, 9.17) is 0 Å². The molecule has 2 heterocycles. The highest BCUT2D eigenvalue weighted by atomic mass is 16.1. The van der Waals surface area contributed by atoms with Crippen molar-refractivity contribution in [3.05, 3.63) is 29.1 Å². The van der Waals surface area contributed by atoms with Crippen molar-refractivity contribution in [3.8, 4) is 0 Å². The number of carbonyl (C=O) groups excluding carboxylic acids is 1. The van der Waals surface area contributed by atoms with Crippen molar-refractivity contribution in [2.45, 2.75) is 13.8 Å². The Morgan fingerprint density at radius 1 is 1.43 bits per heavy atom. The number of rotatable bonds is 1. The second kappa shape index (κ2) is 2.94. The molecule has 0 saturated carbocycles. The molecule has 2 aromatic heterocycles. The Kier molecular flexibility index (Phi) is 1.88. The Balaban J connectivity index is 2.94. The molecule has 0 saturated heterocycles. The van der Waals surface area contributed by atoms with E-state index in [9.17, 15) is 4.79 Å². The number of hydrogen-bond acceptors (Lipinski definition) is 2. The van der Waals surface area contributed by atoms with E-state index in [0.717, 1.165) is 28.6 Å². The lowest BCUT2D eigenvalue weighted by molar-refractivity contribution is 0.112. The van der Waals surface area contributed by atoms with E-state index in [0.29, 0.717) is 5.56 Å². The predicted molar refractivity (Wildman–Crippen MR) is 55.6 cm³/mol. The molecule has 14 heavy (non-hydrogen) atoms. The lowest BCUT2D eigenvalue weighted by Gasteiger charge is -2.05. The summed E-state index contributed by atoms with van der Waals surface area (Å²) in [4.78, 5) is 15.3. The first-order valence-electron chi connectivity index (χ1n) is 4.52. The largest absolute Gasteiger partial charge is 0.336 e. The molecular formula is C11H12N2O. The van der Waals surface area contributed by atoms with E-state index < -0.39 is 0 Å². The fraction of sp³-hybridized carbons (Fsp3) is 0.273. The van der Waals surface area contributed by atoms with Gasteiger partial charge in [0.2, 0.25) is 0 Å². The number of aryl methyl sites for hydroxylation is 3. The molecule has 0 spiro atoms. The smallest absolute Gasteiger partial charge is 0.152 e. The molecule has 0 aliphatic rings. The first kappa shape index (κ1) is 8.94. The first-order chi connectivity index (χ1) is 6.65. The van der Waals surface area contributed by atoms with Crippen LogP contribution >= 0.6 is 0 Å². The van der Waals surface area contributed by atoms with Crippen molar-refractivity contribution in [2.24, 2.45) is 7.05 Å². The van der Waals surface area contributed by atoms with Gasteiger partial charge < -0.3 is 4.57 Å². The van der Waals surface area contributed by atoms with Crippen molar-refractivity contribution < 1.29 is 4.79 Å². The third-order valence-electron chi connectivity index (χ3n) is 2.63. The van der Waals surface area contributed by atoms with Crippen LogP contribution in [0.2, 0.25) is 0 Å². The highest BCUT2D eigenvalue weighted by Crippen LogP contribution is 2.21. The van der Waals surface area contributed by atoms with Gasteiger partial charge in [0.05, 0.1) is 5.69 Å². The van der Waals surface area contributed by atoms with E-state index in [-0.39, 0.29) is 0 Å². The minimum atomic E-state index is 0.712. The fourth-order valence-corrected chi connectivity index (χ4v) is 1.76. The zero-order chi connectivity index (χ0) is 10.3. The average Bonchev–Trinajstić information content (AvgIpc) is 2.49. The molecule has 0 bridgehead atoms. The molecule has 0 radical (unpaired) electrons. The molecule has 72 valence electrons. The van der Waals surface area contributed by atoms with Gasteiger partial charge in [-0.2, -0.15) is 0 Å². The molecular weight excluding hydrogens is 176 g/mol. The van der Waals surface area contributed by atoms with Crippen LogP contribution < -0.4 is 0 Å². The zero-order valence-corrected chi connectivity index (χ0v) is 8.53. The molecule has 0 unspecified atom stereocenters. The molecule has 0 atom stereocenters. The summed E-state index contributed by atoms with van der Waals surface area (Å²) < 4.78 is 1.96. The number of pyridine rings is 1. The van der Waals surface area contributed by atoms with Gasteiger partial charge in [-0.15, -0.1) is 0 Å². The minimum Gasteiger partial charge on any atom is -0.336 e. The maximum absolute atomic E-state index is 10.9. The van der Waals surface area contributed by atoms with Crippen LogP contribution in [0, 0.1) is 13.8 Å². The first-order valence-corrected chi connectivity index (χ1v) is 4.52. The van der Waals surface area contributed by atoms with E-state index >= 15 is 0 Å². The lowest BCUT2D eigenvalue weighted by atomic mass is 10.1. The number of carbonyl (C=O) groups is 1. The van der Waals surface area contributed by atoms with Crippen LogP contribution in [0.1, 0.15) is 21.6 Å².